The molecule has 1 amide bonds. The number of carbonyl (C=O) groups excluding carboxylic acids is 1. The lowest BCUT2D eigenvalue weighted by molar-refractivity contribution is -0.384. The van der Waals surface area contributed by atoms with Crippen molar-refractivity contribution >= 4 is 17.3 Å². The SMILES string of the molecule is O=C(CN(Cc1ccc2c(c1)OCO2)C1CCCC1)Nc1cccc([N+](=O)[O-])c1. The van der Waals surface area contributed by atoms with Crippen LogP contribution < -0.4 is 14.8 Å². The monoisotopic (exact) mass is 397 g/mol. The summed E-state index contributed by atoms with van der Waals surface area (Å²) < 4.78 is 10.8. The molecule has 0 spiro atoms. The van der Waals surface area contributed by atoms with Crippen molar-refractivity contribution in [1.29, 1.82) is 0 Å². The predicted octanol–water partition coefficient (Wildman–Crippen LogP) is 3.71. The Morgan fingerprint density at radius 2 is 1.93 bits per heavy atom. The number of benzene rings is 2. The summed E-state index contributed by atoms with van der Waals surface area (Å²) in [7, 11) is 0. The molecule has 0 aromatic heterocycles. The molecule has 0 atom stereocenters. The highest BCUT2D eigenvalue weighted by Crippen LogP contribution is 2.33. The molecule has 1 heterocycles. The van der Waals surface area contributed by atoms with Crippen molar-refractivity contribution in [2.24, 2.45) is 0 Å². The Morgan fingerprint density at radius 3 is 2.72 bits per heavy atom. The van der Waals surface area contributed by atoms with E-state index < -0.39 is 4.92 Å². The van der Waals surface area contributed by atoms with Gasteiger partial charge in [-0.3, -0.25) is 19.8 Å². The van der Waals surface area contributed by atoms with Gasteiger partial charge in [0.05, 0.1) is 11.5 Å². The van der Waals surface area contributed by atoms with Crippen molar-refractivity contribution in [2.45, 2.75) is 38.3 Å². The van der Waals surface area contributed by atoms with Crippen molar-refractivity contribution in [2.75, 3.05) is 18.7 Å². The summed E-state index contributed by atoms with van der Waals surface area (Å²) in [4.78, 5) is 25.3. The van der Waals surface area contributed by atoms with Crippen molar-refractivity contribution in [3.05, 3.63) is 58.1 Å². The molecule has 0 radical (unpaired) electrons. The van der Waals surface area contributed by atoms with Crippen LogP contribution in [-0.2, 0) is 11.3 Å². The number of rotatable bonds is 7. The quantitative estimate of drug-likeness (QED) is 0.565. The van der Waals surface area contributed by atoms with E-state index in [0.29, 0.717) is 18.3 Å². The normalized spacial score (nSPS) is 15.6. The van der Waals surface area contributed by atoms with Gasteiger partial charge >= 0.3 is 0 Å². The van der Waals surface area contributed by atoms with E-state index in [-0.39, 0.29) is 24.9 Å². The molecule has 4 rings (SSSR count). The first-order valence-electron chi connectivity index (χ1n) is 9.75. The van der Waals surface area contributed by atoms with Crippen LogP contribution in [0.5, 0.6) is 11.5 Å². The van der Waals surface area contributed by atoms with Crippen LogP contribution in [0.25, 0.3) is 0 Å². The first kappa shape index (κ1) is 19.2. The molecule has 2 aliphatic rings. The second-order valence-electron chi connectivity index (χ2n) is 7.39. The maximum atomic E-state index is 12.7. The topological polar surface area (TPSA) is 93.9 Å². The van der Waals surface area contributed by atoms with E-state index in [4.69, 9.17) is 9.47 Å². The largest absolute Gasteiger partial charge is 0.454 e. The van der Waals surface area contributed by atoms with Crippen LogP contribution in [0.1, 0.15) is 31.2 Å². The van der Waals surface area contributed by atoms with Gasteiger partial charge in [-0.25, -0.2) is 0 Å². The second kappa shape index (κ2) is 8.48. The highest BCUT2D eigenvalue weighted by atomic mass is 16.7. The average molecular weight is 397 g/mol. The van der Waals surface area contributed by atoms with E-state index in [2.05, 4.69) is 10.2 Å². The van der Waals surface area contributed by atoms with E-state index in [0.717, 1.165) is 42.7 Å². The number of nitro groups is 1. The van der Waals surface area contributed by atoms with Crippen molar-refractivity contribution < 1.29 is 19.2 Å². The van der Waals surface area contributed by atoms with Crippen molar-refractivity contribution in [3.8, 4) is 11.5 Å². The summed E-state index contributed by atoms with van der Waals surface area (Å²) in [5.74, 6) is 1.29. The summed E-state index contributed by atoms with van der Waals surface area (Å²) in [6, 6.07) is 12.2. The molecular formula is C21H23N3O5. The minimum absolute atomic E-state index is 0.0455. The standard InChI is InChI=1S/C21H23N3O5/c25-21(22-16-4-3-7-18(11-16)24(26)27)13-23(17-5-1-2-6-17)12-15-8-9-19-20(10-15)29-14-28-19/h3-4,7-11,17H,1-2,5-6,12-14H2,(H,22,25). The molecule has 1 saturated carbocycles. The lowest BCUT2D eigenvalue weighted by Gasteiger charge is -2.28. The zero-order valence-electron chi connectivity index (χ0n) is 16.0. The van der Waals surface area contributed by atoms with Crippen LogP contribution in [0.2, 0.25) is 0 Å². The van der Waals surface area contributed by atoms with Gasteiger partial charge < -0.3 is 14.8 Å². The fourth-order valence-corrected chi connectivity index (χ4v) is 3.94. The molecule has 152 valence electrons. The Morgan fingerprint density at radius 1 is 1.14 bits per heavy atom. The highest BCUT2D eigenvalue weighted by Gasteiger charge is 2.25. The molecule has 1 fully saturated rings. The first-order valence-corrected chi connectivity index (χ1v) is 9.75. The average Bonchev–Trinajstić information content (AvgIpc) is 3.39. The number of amides is 1. The van der Waals surface area contributed by atoms with Crippen molar-refractivity contribution in [1.82, 2.24) is 4.90 Å². The molecule has 8 nitrogen and oxygen atoms in total. The van der Waals surface area contributed by atoms with Gasteiger partial charge in [0, 0.05) is 30.4 Å². The van der Waals surface area contributed by atoms with Crippen LogP contribution in [-0.4, -0.2) is 35.1 Å². The first-order chi connectivity index (χ1) is 14.1. The van der Waals surface area contributed by atoms with Gasteiger partial charge in [-0.15, -0.1) is 0 Å². The number of ether oxygens (including phenoxy) is 2. The highest BCUT2D eigenvalue weighted by molar-refractivity contribution is 5.92. The molecule has 1 N–H and O–H groups in total. The Labute approximate surface area is 168 Å². The lowest BCUT2D eigenvalue weighted by Crippen LogP contribution is -2.39. The number of carbonyl (C=O) groups is 1. The van der Waals surface area contributed by atoms with Gasteiger partial charge in [-0.05, 0) is 36.6 Å². The summed E-state index contributed by atoms with van der Waals surface area (Å²) in [5, 5.41) is 13.7. The van der Waals surface area contributed by atoms with Crippen molar-refractivity contribution in [3.63, 3.8) is 0 Å². The number of hydrogen-bond donors (Lipinski definition) is 1. The molecule has 0 saturated heterocycles. The van der Waals surface area contributed by atoms with Gasteiger partial charge in [-0.2, -0.15) is 0 Å². The number of nitro benzene ring substituents is 1. The Balaban J connectivity index is 1.45. The molecule has 8 heteroatoms. The summed E-state index contributed by atoms with van der Waals surface area (Å²) in [5.41, 5.74) is 1.44. The Bertz CT molecular complexity index is 911. The number of hydrogen-bond acceptors (Lipinski definition) is 6. The van der Waals surface area contributed by atoms with E-state index in [1.54, 1.807) is 12.1 Å². The van der Waals surface area contributed by atoms with Crippen LogP contribution in [0.4, 0.5) is 11.4 Å². The van der Waals surface area contributed by atoms with E-state index in [9.17, 15) is 14.9 Å². The Hall–Kier alpha value is -3.13. The molecule has 29 heavy (non-hydrogen) atoms. The minimum Gasteiger partial charge on any atom is -0.454 e. The minimum atomic E-state index is -0.472. The maximum Gasteiger partial charge on any atom is 0.271 e. The van der Waals surface area contributed by atoms with Crippen LogP contribution >= 0.6 is 0 Å². The van der Waals surface area contributed by atoms with Gasteiger partial charge in [0.2, 0.25) is 12.7 Å². The fourth-order valence-electron chi connectivity index (χ4n) is 3.94. The maximum absolute atomic E-state index is 12.7. The van der Waals surface area contributed by atoms with E-state index in [1.807, 2.05) is 18.2 Å². The van der Waals surface area contributed by atoms with Gasteiger partial charge in [0.25, 0.3) is 5.69 Å². The summed E-state index contributed by atoms with van der Waals surface area (Å²) in [6.45, 7) is 1.09. The zero-order valence-corrected chi connectivity index (χ0v) is 16.0. The van der Waals surface area contributed by atoms with Gasteiger partial charge in [-0.1, -0.05) is 25.0 Å². The van der Waals surface area contributed by atoms with E-state index >= 15 is 0 Å². The third-order valence-electron chi connectivity index (χ3n) is 5.35. The molecule has 1 aliphatic carbocycles. The molecule has 0 bridgehead atoms. The summed E-state index contributed by atoms with van der Waals surface area (Å²) >= 11 is 0. The van der Waals surface area contributed by atoms with Crippen LogP contribution in [0.3, 0.4) is 0 Å². The Kier molecular flexibility index (Phi) is 5.62. The smallest absolute Gasteiger partial charge is 0.271 e. The molecular weight excluding hydrogens is 374 g/mol. The third-order valence-corrected chi connectivity index (χ3v) is 5.35. The number of fused-ring (bicyclic) bond motifs is 1. The lowest BCUT2D eigenvalue weighted by atomic mass is 10.1. The molecule has 2 aromatic rings. The fraction of sp³-hybridized carbons (Fsp3) is 0.381. The van der Waals surface area contributed by atoms with Crippen LogP contribution in [0, 0.1) is 10.1 Å². The van der Waals surface area contributed by atoms with Gasteiger partial charge in [0.1, 0.15) is 0 Å². The number of non-ortho nitro benzene ring substituents is 1. The second-order valence-corrected chi connectivity index (χ2v) is 7.39. The number of nitrogens with zero attached hydrogens (tertiary/aromatic N) is 2. The predicted molar refractivity (Wildman–Crippen MR) is 107 cm³/mol. The molecule has 2 aromatic carbocycles. The van der Waals surface area contributed by atoms with Gasteiger partial charge in [0.15, 0.2) is 11.5 Å². The molecule has 1 aliphatic heterocycles. The zero-order chi connectivity index (χ0) is 20.2. The number of nitrogens with one attached hydrogen (secondary N) is 1. The molecule has 0 unspecified atom stereocenters. The number of anilines is 1. The summed E-state index contributed by atoms with van der Waals surface area (Å²) in [6.07, 6.45) is 4.45. The van der Waals surface area contributed by atoms with Crippen LogP contribution in [0.15, 0.2) is 42.5 Å². The third kappa shape index (κ3) is 4.65. The van der Waals surface area contributed by atoms with E-state index in [1.165, 1.54) is 12.1 Å².